The second-order valence-electron chi connectivity index (χ2n) is 5.65. The van der Waals surface area contributed by atoms with Crippen molar-refractivity contribution < 1.29 is 19.2 Å². The van der Waals surface area contributed by atoms with Gasteiger partial charge in [-0.05, 0) is 38.1 Å². The lowest BCUT2D eigenvalue weighted by Crippen LogP contribution is -2.30. The van der Waals surface area contributed by atoms with Crippen LogP contribution in [-0.4, -0.2) is 41.3 Å². The van der Waals surface area contributed by atoms with Gasteiger partial charge < -0.3 is 15.0 Å². The fourth-order valence-corrected chi connectivity index (χ4v) is 2.46. The first-order valence-electron chi connectivity index (χ1n) is 8.51. The molecule has 2 aromatic rings. The molecule has 0 aromatic heterocycles. The van der Waals surface area contributed by atoms with E-state index in [0.717, 1.165) is 0 Å². The molecule has 0 aliphatic heterocycles. The molecule has 0 fully saturated rings. The highest BCUT2D eigenvalue weighted by Crippen LogP contribution is 2.19. The third-order valence-electron chi connectivity index (χ3n) is 3.84. The number of benzene rings is 2. The first-order valence-corrected chi connectivity index (χ1v) is 8.51. The van der Waals surface area contributed by atoms with Gasteiger partial charge in [0.25, 0.3) is 17.5 Å². The highest BCUT2D eigenvalue weighted by atomic mass is 16.6. The summed E-state index contributed by atoms with van der Waals surface area (Å²) in [6, 6.07) is 12.2. The van der Waals surface area contributed by atoms with Gasteiger partial charge in [-0.2, -0.15) is 0 Å². The molecule has 2 rings (SSSR count). The predicted molar refractivity (Wildman–Crippen MR) is 101 cm³/mol. The molecule has 0 saturated heterocycles. The summed E-state index contributed by atoms with van der Waals surface area (Å²) in [5.41, 5.74) is 0.840. The number of nitro groups is 1. The number of anilines is 1. The molecule has 8 nitrogen and oxygen atoms in total. The molecule has 0 unspecified atom stereocenters. The third-order valence-corrected chi connectivity index (χ3v) is 3.84. The van der Waals surface area contributed by atoms with Gasteiger partial charge in [0.05, 0.1) is 11.0 Å². The van der Waals surface area contributed by atoms with E-state index < -0.39 is 10.8 Å². The van der Waals surface area contributed by atoms with Crippen LogP contribution in [0.3, 0.4) is 0 Å². The van der Waals surface area contributed by atoms with Crippen LogP contribution in [0.4, 0.5) is 11.4 Å². The maximum atomic E-state index is 12.4. The zero-order valence-corrected chi connectivity index (χ0v) is 15.2. The van der Waals surface area contributed by atoms with E-state index in [0.29, 0.717) is 24.3 Å². The third kappa shape index (κ3) is 5.53. The molecule has 2 aromatic carbocycles. The number of ether oxygens (including phenoxy) is 1. The van der Waals surface area contributed by atoms with Crippen LogP contribution in [0.5, 0.6) is 5.75 Å². The Kier molecular flexibility index (Phi) is 6.87. The summed E-state index contributed by atoms with van der Waals surface area (Å²) in [5, 5.41) is 13.4. The number of amides is 2. The zero-order chi connectivity index (χ0) is 19.8. The summed E-state index contributed by atoms with van der Waals surface area (Å²) in [4.78, 5) is 36.3. The minimum atomic E-state index is -0.536. The van der Waals surface area contributed by atoms with Crippen molar-refractivity contribution in [2.24, 2.45) is 0 Å². The molecule has 8 heteroatoms. The summed E-state index contributed by atoms with van der Waals surface area (Å²) < 4.78 is 5.29. The monoisotopic (exact) mass is 371 g/mol. The van der Waals surface area contributed by atoms with Gasteiger partial charge in [0.1, 0.15) is 5.75 Å². The molecule has 0 bridgehead atoms. The molecular weight excluding hydrogens is 350 g/mol. The van der Waals surface area contributed by atoms with Gasteiger partial charge in [0.2, 0.25) is 0 Å². The Hall–Kier alpha value is -3.42. The van der Waals surface area contributed by atoms with E-state index in [1.807, 2.05) is 13.8 Å². The summed E-state index contributed by atoms with van der Waals surface area (Å²) >= 11 is 0. The molecule has 1 N–H and O–H groups in total. The van der Waals surface area contributed by atoms with Crippen molar-refractivity contribution >= 4 is 23.2 Å². The van der Waals surface area contributed by atoms with E-state index in [1.54, 1.807) is 29.2 Å². The number of carbonyl (C=O) groups is 2. The van der Waals surface area contributed by atoms with E-state index in [1.165, 1.54) is 24.3 Å². The largest absolute Gasteiger partial charge is 0.484 e. The molecule has 0 spiro atoms. The van der Waals surface area contributed by atoms with Crippen molar-refractivity contribution in [3.8, 4) is 5.75 Å². The van der Waals surface area contributed by atoms with Gasteiger partial charge in [0.15, 0.2) is 6.61 Å². The van der Waals surface area contributed by atoms with Crippen molar-refractivity contribution in [1.82, 2.24) is 4.90 Å². The Balaban J connectivity index is 1.98. The molecule has 0 aliphatic carbocycles. The number of non-ortho nitro benzene ring substituents is 1. The molecule has 0 aliphatic rings. The summed E-state index contributed by atoms with van der Waals surface area (Å²) in [7, 11) is 0. The van der Waals surface area contributed by atoms with Crippen LogP contribution < -0.4 is 10.1 Å². The minimum absolute atomic E-state index is 0.107. The summed E-state index contributed by atoms with van der Waals surface area (Å²) in [6.07, 6.45) is 0. The van der Waals surface area contributed by atoms with Crippen LogP contribution >= 0.6 is 0 Å². The lowest BCUT2D eigenvalue weighted by molar-refractivity contribution is -0.384. The van der Waals surface area contributed by atoms with Crippen molar-refractivity contribution in [2.45, 2.75) is 13.8 Å². The van der Waals surface area contributed by atoms with Crippen LogP contribution in [0.2, 0.25) is 0 Å². The van der Waals surface area contributed by atoms with Gasteiger partial charge in [-0.1, -0.05) is 12.1 Å². The van der Waals surface area contributed by atoms with Crippen molar-refractivity contribution in [2.75, 3.05) is 25.0 Å². The van der Waals surface area contributed by atoms with Gasteiger partial charge in [-0.3, -0.25) is 19.7 Å². The first-order chi connectivity index (χ1) is 12.9. The second kappa shape index (κ2) is 9.33. The number of hydrogen-bond donors (Lipinski definition) is 1. The van der Waals surface area contributed by atoms with Crippen LogP contribution in [0.1, 0.15) is 24.2 Å². The van der Waals surface area contributed by atoms with Gasteiger partial charge in [-0.15, -0.1) is 0 Å². The highest BCUT2D eigenvalue weighted by molar-refractivity contribution is 5.97. The SMILES string of the molecule is CCN(CC)C(=O)c1cccc(NC(=O)COc2cccc([N+](=O)[O-])c2)c1. The van der Waals surface area contributed by atoms with Gasteiger partial charge in [-0.25, -0.2) is 0 Å². The van der Waals surface area contributed by atoms with E-state index in [-0.39, 0.29) is 24.0 Å². The average Bonchev–Trinajstić information content (AvgIpc) is 2.67. The summed E-state index contributed by atoms with van der Waals surface area (Å²) in [5.74, 6) is -0.317. The number of rotatable bonds is 8. The van der Waals surface area contributed by atoms with Crippen LogP contribution in [0.25, 0.3) is 0 Å². The topological polar surface area (TPSA) is 102 Å². The Morgan fingerprint density at radius 1 is 1.11 bits per heavy atom. The molecule has 0 radical (unpaired) electrons. The van der Waals surface area contributed by atoms with Crippen molar-refractivity contribution in [3.05, 3.63) is 64.2 Å². The number of carbonyl (C=O) groups excluding carboxylic acids is 2. The number of nitro benzene ring substituents is 1. The van der Waals surface area contributed by atoms with Crippen LogP contribution in [0, 0.1) is 10.1 Å². The number of nitrogens with one attached hydrogen (secondary N) is 1. The maximum absolute atomic E-state index is 12.4. The van der Waals surface area contributed by atoms with E-state index in [4.69, 9.17) is 4.74 Å². The molecule has 0 atom stereocenters. The standard InChI is InChI=1S/C19H21N3O5/c1-3-21(4-2)19(24)14-7-5-8-15(11-14)20-18(23)13-27-17-10-6-9-16(12-17)22(25)26/h5-12H,3-4,13H2,1-2H3,(H,20,23). The Morgan fingerprint density at radius 3 is 2.48 bits per heavy atom. The average molecular weight is 371 g/mol. The Labute approximate surface area is 156 Å². The number of hydrogen-bond acceptors (Lipinski definition) is 5. The first kappa shape index (κ1) is 19.9. The Bertz CT molecular complexity index is 834. The summed E-state index contributed by atoms with van der Waals surface area (Å²) in [6.45, 7) is 4.69. The molecule has 2 amide bonds. The smallest absolute Gasteiger partial charge is 0.273 e. The van der Waals surface area contributed by atoms with Crippen LogP contribution in [0.15, 0.2) is 48.5 Å². The fraction of sp³-hybridized carbons (Fsp3) is 0.263. The molecule has 142 valence electrons. The highest BCUT2D eigenvalue weighted by Gasteiger charge is 2.13. The van der Waals surface area contributed by atoms with Gasteiger partial charge in [0, 0.05) is 30.4 Å². The molecule has 0 heterocycles. The van der Waals surface area contributed by atoms with E-state index >= 15 is 0 Å². The van der Waals surface area contributed by atoms with Crippen molar-refractivity contribution in [3.63, 3.8) is 0 Å². The quantitative estimate of drug-likeness (QED) is 0.567. The Morgan fingerprint density at radius 2 is 1.81 bits per heavy atom. The minimum Gasteiger partial charge on any atom is -0.484 e. The molecule has 27 heavy (non-hydrogen) atoms. The van der Waals surface area contributed by atoms with E-state index in [9.17, 15) is 19.7 Å². The predicted octanol–water partition coefficient (Wildman–Crippen LogP) is 3.09. The second-order valence-corrected chi connectivity index (χ2v) is 5.65. The van der Waals surface area contributed by atoms with E-state index in [2.05, 4.69) is 5.32 Å². The normalized spacial score (nSPS) is 10.1. The maximum Gasteiger partial charge on any atom is 0.273 e. The molecular formula is C19H21N3O5. The zero-order valence-electron chi connectivity index (χ0n) is 15.2. The van der Waals surface area contributed by atoms with Crippen molar-refractivity contribution in [1.29, 1.82) is 0 Å². The fourth-order valence-electron chi connectivity index (χ4n) is 2.46. The van der Waals surface area contributed by atoms with Crippen LogP contribution in [-0.2, 0) is 4.79 Å². The van der Waals surface area contributed by atoms with Gasteiger partial charge >= 0.3 is 0 Å². The molecule has 0 saturated carbocycles. The lowest BCUT2D eigenvalue weighted by Gasteiger charge is -2.19. The number of nitrogens with zero attached hydrogens (tertiary/aromatic N) is 2. The lowest BCUT2D eigenvalue weighted by atomic mass is 10.1.